The van der Waals surface area contributed by atoms with Crippen LogP contribution in [0.25, 0.3) is 0 Å². The van der Waals surface area contributed by atoms with Crippen molar-refractivity contribution in [2.24, 2.45) is 7.05 Å². The molecule has 5 heteroatoms. The average molecular weight is 386 g/mol. The number of aromatic nitrogens is 2. The Morgan fingerprint density at radius 1 is 1.26 bits per heavy atom. The summed E-state index contributed by atoms with van der Waals surface area (Å²) in [4.78, 5) is 14.7. The molecule has 1 heterocycles. The number of fused-ring (bicyclic) bond motifs is 2. The van der Waals surface area contributed by atoms with Gasteiger partial charge in [0.05, 0.1) is 5.69 Å². The number of aryl methyl sites for hydroxylation is 3. The molecule has 1 unspecified atom stereocenters. The normalized spacial score (nSPS) is 18.3. The van der Waals surface area contributed by atoms with Crippen molar-refractivity contribution in [2.45, 2.75) is 65.0 Å². The molecular formula is C22H28ClN3O. The Bertz CT molecular complexity index is 886. The van der Waals surface area contributed by atoms with Crippen molar-refractivity contribution in [2.75, 3.05) is 5.88 Å². The van der Waals surface area contributed by atoms with Crippen molar-refractivity contribution in [3.05, 3.63) is 51.3 Å². The van der Waals surface area contributed by atoms with Gasteiger partial charge in [0.25, 0.3) is 0 Å². The minimum absolute atomic E-state index is 0.0240. The number of rotatable bonds is 4. The molecule has 1 aromatic heterocycles. The smallest absolute Gasteiger partial charge is 0.238 e. The highest BCUT2D eigenvalue weighted by molar-refractivity contribution is 6.27. The maximum absolute atomic E-state index is 12.7. The average Bonchev–Trinajstić information content (AvgIpc) is 3.24. The van der Waals surface area contributed by atoms with Gasteiger partial charge in [0.2, 0.25) is 5.91 Å². The Morgan fingerprint density at radius 3 is 2.85 bits per heavy atom. The SMILES string of the molecule is Cc1cc(CN(C(=O)CCl)C2CCc3c(nn(C)c3C)C2)cc2c1CCC2. The zero-order chi connectivity index (χ0) is 19.1. The van der Waals surface area contributed by atoms with Gasteiger partial charge in [0.1, 0.15) is 5.88 Å². The van der Waals surface area contributed by atoms with Crippen molar-refractivity contribution in [3.63, 3.8) is 0 Å². The van der Waals surface area contributed by atoms with Gasteiger partial charge in [-0.15, -0.1) is 11.6 Å². The van der Waals surface area contributed by atoms with Crippen LogP contribution in [0.4, 0.5) is 0 Å². The second kappa shape index (κ2) is 7.31. The van der Waals surface area contributed by atoms with Crippen LogP contribution >= 0.6 is 11.6 Å². The lowest BCUT2D eigenvalue weighted by Gasteiger charge is -2.34. The highest BCUT2D eigenvalue weighted by Crippen LogP contribution is 2.30. The van der Waals surface area contributed by atoms with Crippen LogP contribution in [0.3, 0.4) is 0 Å². The lowest BCUT2D eigenvalue weighted by molar-refractivity contribution is -0.131. The molecule has 0 saturated carbocycles. The van der Waals surface area contributed by atoms with Crippen molar-refractivity contribution in [1.29, 1.82) is 0 Å². The fourth-order valence-corrected chi connectivity index (χ4v) is 5.06. The van der Waals surface area contributed by atoms with Crippen LogP contribution in [0, 0.1) is 13.8 Å². The molecule has 2 aromatic rings. The molecule has 1 aromatic carbocycles. The van der Waals surface area contributed by atoms with Crippen LogP contribution in [0.5, 0.6) is 0 Å². The molecule has 144 valence electrons. The van der Waals surface area contributed by atoms with Gasteiger partial charge in [-0.1, -0.05) is 12.1 Å². The van der Waals surface area contributed by atoms with E-state index in [2.05, 4.69) is 31.1 Å². The first-order valence-corrected chi connectivity index (χ1v) is 10.5. The summed E-state index contributed by atoms with van der Waals surface area (Å²) in [5.74, 6) is 0.0602. The van der Waals surface area contributed by atoms with E-state index >= 15 is 0 Å². The zero-order valence-electron chi connectivity index (χ0n) is 16.5. The van der Waals surface area contributed by atoms with Crippen LogP contribution in [0.2, 0.25) is 0 Å². The number of amides is 1. The maximum atomic E-state index is 12.7. The Kier molecular flexibility index (Phi) is 5.02. The molecule has 0 aliphatic heterocycles. The predicted molar refractivity (Wildman–Crippen MR) is 108 cm³/mol. The Balaban J connectivity index is 1.59. The fraction of sp³-hybridized carbons (Fsp3) is 0.545. The molecule has 0 fully saturated rings. The van der Waals surface area contributed by atoms with Gasteiger partial charge in [-0.05, 0) is 73.8 Å². The highest BCUT2D eigenvalue weighted by Gasteiger charge is 2.30. The first kappa shape index (κ1) is 18.5. The summed E-state index contributed by atoms with van der Waals surface area (Å²) in [7, 11) is 2.00. The van der Waals surface area contributed by atoms with Gasteiger partial charge < -0.3 is 4.90 Å². The third-order valence-corrected chi connectivity index (χ3v) is 6.65. The predicted octanol–water partition coefficient (Wildman–Crippen LogP) is 3.65. The number of hydrogen-bond donors (Lipinski definition) is 0. The van der Waals surface area contributed by atoms with Gasteiger partial charge in [-0.2, -0.15) is 5.10 Å². The number of carbonyl (C=O) groups excluding carboxylic acids is 1. The van der Waals surface area contributed by atoms with Crippen molar-refractivity contribution >= 4 is 17.5 Å². The monoisotopic (exact) mass is 385 g/mol. The van der Waals surface area contributed by atoms with Gasteiger partial charge in [0.15, 0.2) is 0 Å². The number of alkyl halides is 1. The number of benzene rings is 1. The summed E-state index contributed by atoms with van der Waals surface area (Å²) in [6, 6.07) is 4.74. The standard InChI is InChI=1S/C22H28ClN3O/c1-14-9-16(10-17-5-4-6-19(14)17)13-26(22(27)12-23)18-7-8-20-15(2)25(3)24-21(20)11-18/h9-10,18H,4-8,11-13H2,1-3H3. The Morgan fingerprint density at radius 2 is 2.07 bits per heavy atom. The Hall–Kier alpha value is -1.81. The van der Waals surface area contributed by atoms with Crippen LogP contribution in [0.15, 0.2) is 12.1 Å². The maximum Gasteiger partial charge on any atom is 0.238 e. The van der Waals surface area contributed by atoms with E-state index in [1.165, 1.54) is 46.4 Å². The molecule has 27 heavy (non-hydrogen) atoms. The summed E-state index contributed by atoms with van der Waals surface area (Å²) in [5.41, 5.74) is 9.33. The third kappa shape index (κ3) is 3.40. The zero-order valence-corrected chi connectivity index (χ0v) is 17.3. The third-order valence-electron chi connectivity index (χ3n) is 6.42. The second-order valence-electron chi connectivity index (χ2n) is 8.09. The molecule has 2 aliphatic carbocycles. The van der Waals surface area contributed by atoms with Crippen LogP contribution in [-0.4, -0.2) is 32.5 Å². The quantitative estimate of drug-likeness (QED) is 0.753. The van der Waals surface area contributed by atoms with Gasteiger partial charge in [-0.3, -0.25) is 9.48 Å². The molecule has 0 N–H and O–H groups in total. The molecule has 1 amide bonds. The molecular weight excluding hydrogens is 358 g/mol. The summed E-state index contributed by atoms with van der Waals surface area (Å²) in [5, 5.41) is 4.68. The van der Waals surface area contributed by atoms with E-state index in [1.807, 2.05) is 16.6 Å². The summed E-state index contributed by atoms with van der Waals surface area (Å²) >= 11 is 5.98. The van der Waals surface area contributed by atoms with Crippen molar-refractivity contribution in [1.82, 2.24) is 14.7 Å². The van der Waals surface area contributed by atoms with Gasteiger partial charge in [-0.25, -0.2) is 0 Å². The molecule has 0 spiro atoms. The van der Waals surface area contributed by atoms with Gasteiger partial charge in [0, 0.05) is 31.7 Å². The van der Waals surface area contributed by atoms with Crippen LogP contribution in [-0.2, 0) is 44.1 Å². The van der Waals surface area contributed by atoms with E-state index < -0.39 is 0 Å². The molecule has 0 radical (unpaired) electrons. The van der Waals surface area contributed by atoms with Gasteiger partial charge >= 0.3 is 0 Å². The largest absolute Gasteiger partial charge is 0.334 e. The Labute approximate surface area is 166 Å². The number of halogens is 1. The van der Waals surface area contributed by atoms with Crippen molar-refractivity contribution < 1.29 is 4.79 Å². The van der Waals surface area contributed by atoms with E-state index in [9.17, 15) is 4.79 Å². The van der Waals surface area contributed by atoms with E-state index in [-0.39, 0.29) is 17.8 Å². The lowest BCUT2D eigenvalue weighted by atomic mass is 9.90. The topological polar surface area (TPSA) is 38.1 Å². The van der Waals surface area contributed by atoms with E-state index in [4.69, 9.17) is 11.6 Å². The first-order valence-electron chi connectivity index (χ1n) is 9.96. The number of carbonyl (C=O) groups is 1. The molecule has 2 aliphatic rings. The lowest BCUT2D eigenvalue weighted by Crippen LogP contribution is -2.43. The number of nitrogens with zero attached hydrogens (tertiary/aromatic N) is 3. The van der Waals surface area contributed by atoms with E-state index in [0.717, 1.165) is 31.4 Å². The summed E-state index contributed by atoms with van der Waals surface area (Å²) < 4.78 is 1.96. The molecule has 4 rings (SSSR count). The van der Waals surface area contributed by atoms with Crippen LogP contribution in [0.1, 0.15) is 52.0 Å². The highest BCUT2D eigenvalue weighted by atomic mass is 35.5. The first-order chi connectivity index (χ1) is 13.0. The molecule has 1 atom stereocenters. The second-order valence-corrected chi connectivity index (χ2v) is 8.36. The summed E-state index contributed by atoms with van der Waals surface area (Å²) in [6.07, 6.45) is 6.38. The molecule has 4 nitrogen and oxygen atoms in total. The van der Waals surface area contributed by atoms with Crippen LogP contribution < -0.4 is 0 Å². The molecule has 0 saturated heterocycles. The minimum atomic E-state index is 0.0240. The van der Waals surface area contributed by atoms with E-state index in [1.54, 1.807) is 0 Å². The van der Waals surface area contributed by atoms with E-state index in [0.29, 0.717) is 6.54 Å². The fourth-order valence-electron chi connectivity index (χ4n) is 4.91. The number of hydrogen-bond acceptors (Lipinski definition) is 2. The molecule has 0 bridgehead atoms. The van der Waals surface area contributed by atoms with Crippen molar-refractivity contribution in [3.8, 4) is 0 Å². The summed E-state index contributed by atoms with van der Waals surface area (Å²) in [6.45, 7) is 4.97. The minimum Gasteiger partial charge on any atom is -0.334 e.